The van der Waals surface area contributed by atoms with E-state index in [0.29, 0.717) is 18.7 Å². The molecule has 0 fully saturated rings. The van der Waals surface area contributed by atoms with E-state index >= 15 is 0 Å². The minimum Gasteiger partial charge on any atom is -0.487 e. The molecule has 0 saturated carbocycles. The SMILES string of the molecule is COCC#Cc1ccc2c(c1)O[C@H](CN(C)C)[C@@H](C)CN([C@@H](C)CO)S2(=O)=O. The molecular formula is C20H30N2O5S. The molecule has 0 bridgehead atoms. The van der Waals surface area contributed by atoms with Crippen LogP contribution in [0.1, 0.15) is 19.4 Å². The number of ether oxygens (including phenoxy) is 2. The summed E-state index contributed by atoms with van der Waals surface area (Å²) in [6.45, 7) is 4.63. The van der Waals surface area contributed by atoms with Crippen molar-refractivity contribution in [1.29, 1.82) is 0 Å². The number of fused-ring (bicyclic) bond motifs is 1. The monoisotopic (exact) mass is 410 g/mol. The van der Waals surface area contributed by atoms with Crippen molar-refractivity contribution < 1.29 is 23.0 Å². The lowest BCUT2D eigenvalue weighted by Gasteiger charge is -2.37. The molecule has 0 amide bonds. The first-order valence-corrected chi connectivity index (χ1v) is 10.7. The van der Waals surface area contributed by atoms with Crippen LogP contribution in [0.3, 0.4) is 0 Å². The van der Waals surface area contributed by atoms with Crippen LogP contribution in [0, 0.1) is 17.8 Å². The second-order valence-electron chi connectivity index (χ2n) is 7.40. The van der Waals surface area contributed by atoms with E-state index in [1.165, 1.54) is 10.4 Å². The number of nitrogens with zero attached hydrogens (tertiary/aromatic N) is 2. The standard InChI is InChI=1S/C20H30N2O5S/c1-15-12-22(16(2)14-23)28(24,25)20-9-8-17(7-6-10-26-5)11-18(20)27-19(15)13-21(3)4/h8-9,11,15-16,19,23H,10,12-14H2,1-5H3/t15-,16-,19+/m0/s1. The first-order chi connectivity index (χ1) is 13.2. The van der Waals surface area contributed by atoms with Gasteiger partial charge in [0.05, 0.1) is 6.61 Å². The van der Waals surface area contributed by atoms with Gasteiger partial charge in [0.2, 0.25) is 10.0 Å². The van der Waals surface area contributed by atoms with Crippen LogP contribution >= 0.6 is 0 Å². The molecule has 0 spiro atoms. The topological polar surface area (TPSA) is 79.3 Å². The largest absolute Gasteiger partial charge is 0.487 e. The summed E-state index contributed by atoms with van der Waals surface area (Å²) in [5.74, 6) is 6.05. The third kappa shape index (κ3) is 5.25. The highest BCUT2D eigenvalue weighted by atomic mass is 32.2. The lowest BCUT2D eigenvalue weighted by atomic mass is 10.0. The molecule has 28 heavy (non-hydrogen) atoms. The first kappa shape index (κ1) is 22.7. The van der Waals surface area contributed by atoms with Gasteiger partial charge in [-0.05, 0) is 39.2 Å². The van der Waals surface area contributed by atoms with Crippen LogP contribution < -0.4 is 4.74 Å². The fourth-order valence-electron chi connectivity index (χ4n) is 3.09. The van der Waals surface area contributed by atoms with E-state index in [1.54, 1.807) is 26.2 Å². The minimum absolute atomic E-state index is 0.0671. The molecule has 3 atom stereocenters. The summed E-state index contributed by atoms with van der Waals surface area (Å²) in [5, 5.41) is 9.62. The smallest absolute Gasteiger partial charge is 0.247 e. The Bertz CT molecular complexity index is 829. The van der Waals surface area contributed by atoms with Crippen molar-refractivity contribution in [2.24, 2.45) is 5.92 Å². The molecule has 0 aliphatic carbocycles. The number of sulfonamides is 1. The van der Waals surface area contributed by atoms with Crippen molar-refractivity contribution in [3.05, 3.63) is 23.8 Å². The first-order valence-electron chi connectivity index (χ1n) is 9.26. The molecule has 1 N–H and O–H groups in total. The molecule has 8 heteroatoms. The zero-order chi connectivity index (χ0) is 20.9. The normalized spacial score (nSPS) is 23.0. The number of rotatable bonds is 5. The van der Waals surface area contributed by atoms with Crippen molar-refractivity contribution in [3.63, 3.8) is 0 Å². The van der Waals surface area contributed by atoms with E-state index < -0.39 is 16.1 Å². The molecule has 0 aromatic heterocycles. The number of benzene rings is 1. The maximum atomic E-state index is 13.3. The third-order valence-corrected chi connectivity index (χ3v) is 6.68. The lowest BCUT2D eigenvalue weighted by Crippen LogP contribution is -2.49. The van der Waals surface area contributed by atoms with Crippen LogP contribution in [0.25, 0.3) is 0 Å². The van der Waals surface area contributed by atoms with Gasteiger partial charge in [-0.15, -0.1) is 0 Å². The average Bonchev–Trinajstić information content (AvgIpc) is 2.63. The minimum atomic E-state index is -3.82. The second-order valence-corrected chi connectivity index (χ2v) is 9.26. The Morgan fingerprint density at radius 1 is 1.43 bits per heavy atom. The van der Waals surface area contributed by atoms with Gasteiger partial charge in [-0.3, -0.25) is 0 Å². The van der Waals surface area contributed by atoms with Crippen LogP contribution in [-0.2, 0) is 14.8 Å². The van der Waals surface area contributed by atoms with Crippen molar-refractivity contribution in [1.82, 2.24) is 9.21 Å². The number of hydrogen-bond acceptors (Lipinski definition) is 6. The molecule has 0 unspecified atom stereocenters. The van der Waals surface area contributed by atoms with Crippen LogP contribution in [0.2, 0.25) is 0 Å². The fourth-order valence-corrected chi connectivity index (χ4v) is 4.92. The van der Waals surface area contributed by atoms with E-state index in [-0.39, 0.29) is 35.8 Å². The number of likely N-dealkylation sites (N-methyl/N-ethyl adjacent to an activating group) is 1. The molecule has 156 valence electrons. The number of hydrogen-bond donors (Lipinski definition) is 1. The van der Waals surface area contributed by atoms with Crippen LogP contribution in [0.15, 0.2) is 23.1 Å². The Morgan fingerprint density at radius 2 is 2.14 bits per heavy atom. The highest BCUT2D eigenvalue weighted by Gasteiger charge is 2.37. The molecule has 0 saturated heterocycles. The summed E-state index contributed by atoms with van der Waals surface area (Å²) in [6.07, 6.45) is -0.208. The van der Waals surface area contributed by atoms with Gasteiger partial charge >= 0.3 is 0 Å². The molecule has 1 aliphatic heterocycles. The molecule has 1 aromatic rings. The maximum absolute atomic E-state index is 13.3. The zero-order valence-corrected chi connectivity index (χ0v) is 18.0. The molecule has 7 nitrogen and oxygen atoms in total. The van der Waals surface area contributed by atoms with Gasteiger partial charge in [-0.2, -0.15) is 4.31 Å². The molecule has 2 rings (SSSR count). The third-order valence-electron chi connectivity index (χ3n) is 4.66. The summed E-state index contributed by atoms with van der Waals surface area (Å²) in [7, 11) is 1.65. The summed E-state index contributed by atoms with van der Waals surface area (Å²) >= 11 is 0. The molecule has 0 radical (unpaired) electrons. The van der Waals surface area contributed by atoms with E-state index in [1.807, 2.05) is 25.9 Å². The Balaban J connectivity index is 2.57. The van der Waals surface area contributed by atoms with Gasteiger partial charge in [0.15, 0.2) is 0 Å². The average molecular weight is 411 g/mol. The Labute approximate surface area is 168 Å². The number of methoxy groups -OCH3 is 1. The van der Waals surface area contributed by atoms with E-state index in [9.17, 15) is 13.5 Å². The van der Waals surface area contributed by atoms with E-state index in [4.69, 9.17) is 9.47 Å². The second kappa shape index (κ2) is 9.72. The summed E-state index contributed by atoms with van der Waals surface area (Å²) in [5.41, 5.74) is 0.657. The van der Waals surface area contributed by atoms with Crippen LogP contribution in [0.5, 0.6) is 5.75 Å². The lowest BCUT2D eigenvalue weighted by molar-refractivity contribution is 0.0812. The fraction of sp³-hybridized carbons (Fsp3) is 0.600. The predicted octanol–water partition coefficient (Wildman–Crippen LogP) is 1.01. The molecule has 1 aromatic carbocycles. The highest BCUT2D eigenvalue weighted by Crippen LogP contribution is 2.34. The highest BCUT2D eigenvalue weighted by molar-refractivity contribution is 7.89. The van der Waals surface area contributed by atoms with Gasteiger partial charge < -0.3 is 19.5 Å². The Morgan fingerprint density at radius 3 is 2.75 bits per heavy atom. The predicted molar refractivity (Wildman–Crippen MR) is 108 cm³/mol. The van der Waals surface area contributed by atoms with Crippen molar-refractivity contribution in [3.8, 4) is 17.6 Å². The van der Waals surface area contributed by atoms with Gasteiger partial charge in [0, 0.05) is 37.7 Å². The summed E-state index contributed by atoms with van der Waals surface area (Å²) in [4.78, 5) is 2.11. The van der Waals surface area contributed by atoms with Crippen molar-refractivity contribution >= 4 is 10.0 Å². The quantitative estimate of drug-likeness (QED) is 0.730. The van der Waals surface area contributed by atoms with Gasteiger partial charge in [-0.25, -0.2) is 8.42 Å². The van der Waals surface area contributed by atoms with E-state index in [2.05, 4.69) is 11.8 Å². The Hall–Kier alpha value is -1.63. The van der Waals surface area contributed by atoms with Crippen LogP contribution in [0.4, 0.5) is 0 Å². The van der Waals surface area contributed by atoms with Crippen molar-refractivity contribution in [2.75, 3.05) is 47.5 Å². The Kier molecular flexibility index (Phi) is 7.87. The summed E-state index contributed by atoms with van der Waals surface area (Å²) < 4.78 is 39.1. The molecule has 1 aliphatic rings. The van der Waals surface area contributed by atoms with Crippen molar-refractivity contribution in [2.45, 2.75) is 30.9 Å². The number of aliphatic hydroxyl groups is 1. The molecular weight excluding hydrogens is 380 g/mol. The maximum Gasteiger partial charge on any atom is 0.247 e. The zero-order valence-electron chi connectivity index (χ0n) is 17.2. The van der Waals surface area contributed by atoms with Gasteiger partial charge in [0.1, 0.15) is 23.4 Å². The summed E-state index contributed by atoms with van der Waals surface area (Å²) in [6, 6.07) is 4.33. The van der Waals surface area contributed by atoms with E-state index in [0.717, 1.165) is 0 Å². The van der Waals surface area contributed by atoms with Gasteiger partial charge in [0.25, 0.3) is 0 Å². The number of aliphatic hydroxyl groups excluding tert-OH is 1. The van der Waals surface area contributed by atoms with Gasteiger partial charge in [-0.1, -0.05) is 18.8 Å². The molecule has 1 heterocycles. The van der Waals surface area contributed by atoms with Crippen LogP contribution in [-0.4, -0.2) is 82.4 Å².